The van der Waals surface area contributed by atoms with Gasteiger partial charge in [-0.25, -0.2) is 0 Å². The molecule has 1 rings (SSSR count). The van der Waals surface area contributed by atoms with Crippen LogP contribution in [0.3, 0.4) is 0 Å². The highest BCUT2D eigenvalue weighted by Crippen LogP contribution is 2.30. The molecule has 0 fully saturated rings. The van der Waals surface area contributed by atoms with Gasteiger partial charge in [0.2, 0.25) is 0 Å². The molecule has 0 saturated heterocycles. The topological polar surface area (TPSA) is 44.8 Å². The first-order chi connectivity index (χ1) is 7.62. The Morgan fingerprint density at radius 3 is 2.00 bits per heavy atom. The largest absolute Gasteiger partial charge is 0.497 e. The van der Waals surface area contributed by atoms with Gasteiger partial charge in [0.25, 0.3) is 0 Å². The van der Waals surface area contributed by atoms with Crippen molar-refractivity contribution in [3.05, 3.63) is 23.8 Å². The van der Waals surface area contributed by atoms with Crippen LogP contribution in [-0.4, -0.2) is 27.3 Å². The first-order valence-corrected chi connectivity index (χ1v) is 5.01. The molecule has 4 nitrogen and oxygen atoms in total. The monoisotopic (exact) mass is 244 g/mol. The Bertz CT molecular complexity index is 356. The van der Waals surface area contributed by atoms with Crippen molar-refractivity contribution in [3.8, 4) is 11.5 Å². The molecule has 0 aliphatic carbocycles. The Labute approximate surface area is 99.1 Å². The van der Waals surface area contributed by atoms with Gasteiger partial charge in [-0.2, -0.15) is 0 Å². The predicted octanol–water partition coefficient (Wildman–Crippen LogP) is 2.16. The van der Waals surface area contributed by atoms with E-state index in [0.717, 1.165) is 0 Å². The second kappa shape index (κ2) is 5.61. The van der Waals surface area contributed by atoms with Crippen LogP contribution in [0.5, 0.6) is 11.5 Å². The quantitative estimate of drug-likeness (QED) is 0.601. The van der Waals surface area contributed by atoms with Crippen LogP contribution in [0.1, 0.15) is 10.9 Å². The molecule has 16 heavy (non-hydrogen) atoms. The fourth-order valence-corrected chi connectivity index (χ4v) is 1.43. The lowest BCUT2D eigenvalue weighted by molar-refractivity contribution is -0.140. The Morgan fingerprint density at radius 2 is 1.62 bits per heavy atom. The van der Waals surface area contributed by atoms with Gasteiger partial charge < -0.3 is 14.2 Å². The summed E-state index contributed by atoms with van der Waals surface area (Å²) in [7, 11) is 4.34. The summed E-state index contributed by atoms with van der Waals surface area (Å²) >= 11 is 5.93. The highest BCUT2D eigenvalue weighted by Gasteiger charge is 2.19. The lowest BCUT2D eigenvalue weighted by Crippen LogP contribution is -2.08. The molecule has 0 aromatic heterocycles. The molecule has 0 aliphatic heterocycles. The molecule has 0 radical (unpaired) electrons. The van der Waals surface area contributed by atoms with Crippen LogP contribution < -0.4 is 9.47 Å². The molecular weight excluding hydrogens is 232 g/mol. The van der Waals surface area contributed by atoms with E-state index in [2.05, 4.69) is 4.74 Å². The number of carbonyl (C=O) groups excluding carboxylic acids is 1. The maximum atomic E-state index is 11.3. The lowest BCUT2D eigenvalue weighted by atomic mass is 10.1. The van der Waals surface area contributed by atoms with Crippen molar-refractivity contribution < 1.29 is 19.0 Å². The van der Waals surface area contributed by atoms with E-state index in [1.165, 1.54) is 21.3 Å². The number of benzene rings is 1. The van der Waals surface area contributed by atoms with E-state index in [1.807, 2.05) is 0 Å². The highest BCUT2D eigenvalue weighted by atomic mass is 35.5. The number of rotatable bonds is 4. The van der Waals surface area contributed by atoms with Crippen LogP contribution in [0.4, 0.5) is 0 Å². The van der Waals surface area contributed by atoms with Gasteiger partial charge in [-0.3, -0.25) is 4.79 Å². The molecule has 0 spiro atoms. The minimum absolute atomic E-state index is 0.517. The molecule has 0 heterocycles. The van der Waals surface area contributed by atoms with Gasteiger partial charge >= 0.3 is 5.97 Å². The van der Waals surface area contributed by atoms with E-state index in [1.54, 1.807) is 18.2 Å². The minimum atomic E-state index is -0.867. The molecule has 0 aliphatic rings. The molecule has 0 saturated carbocycles. The molecule has 88 valence electrons. The van der Waals surface area contributed by atoms with Crippen molar-refractivity contribution in [2.75, 3.05) is 21.3 Å². The smallest absolute Gasteiger partial charge is 0.328 e. The van der Waals surface area contributed by atoms with Gasteiger partial charge in [0.15, 0.2) is 5.38 Å². The highest BCUT2D eigenvalue weighted by molar-refractivity contribution is 6.30. The SMILES string of the molecule is COC(=O)[C@H](Cl)c1cc(OC)cc(OC)c1. The lowest BCUT2D eigenvalue weighted by Gasteiger charge is -2.11. The van der Waals surface area contributed by atoms with Crippen LogP contribution in [0.15, 0.2) is 18.2 Å². The number of hydrogen-bond acceptors (Lipinski definition) is 4. The van der Waals surface area contributed by atoms with E-state index >= 15 is 0 Å². The van der Waals surface area contributed by atoms with Gasteiger partial charge in [-0.15, -0.1) is 11.6 Å². The van der Waals surface area contributed by atoms with E-state index in [9.17, 15) is 4.79 Å². The Balaban J connectivity index is 3.07. The normalized spacial score (nSPS) is 11.8. The zero-order chi connectivity index (χ0) is 12.1. The van der Waals surface area contributed by atoms with Crippen molar-refractivity contribution in [1.29, 1.82) is 0 Å². The number of ether oxygens (including phenoxy) is 3. The fraction of sp³-hybridized carbons (Fsp3) is 0.364. The van der Waals surface area contributed by atoms with Crippen LogP contribution in [0.2, 0.25) is 0 Å². The summed E-state index contributed by atoms with van der Waals surface area (Å²) in [5, 5.41) is -0.867. The zero-order valence-electron chi connectivity index (χ0n) is 9.32. The van der Waals surface area contributed by atoms with Crippen LogP contribution >= 0.6 is 11.6 Å². The molecule has 1 aromatic rings. The van der Waals surface area contributed by atoms with Crippen molar-refractivity contribution in [3.63, 3.8) is 0 Å². The van der Waals surface area contributed by atoms with Crippen LogP contribution in [0.25, 0.3) is 0 Å². The first-order valence-electron chi connectivity index (χ1n) is 4.57. The van der Waals surface area contributed by atoms with E-state index in [0.29, 0.717) is 17.1 Å². The Kier molecular flexibility index (Phi) is 4.43. The summed E-state index contributed by atoms with van der Waals surface area (Å²) in [6, 6.07) is 5.03. The van der Waals surface area contributed by atoms with Crippen LogP contribution in [-0.2, 0) is 9.53 Å². The van der Waals surface area contributed by atoms with Gasteiger partial charge in [0.05, 0.1) is 21.3 Å². The molecule has 1 aromatic carbocycles. The predicted molar refractivity (Wildman–Crippen MR) is 60.2 cm³/mol. The number of carbonyl (C=O) groups is 1. The second-order valence-electron chi connectivity index (χ2n) is 3.03. The maximum absolute atomic E-state index is 11.3. The van der Waals surface area contributed by atoms with Crippen molar-refractivity contribution in [2.24, 2.45) is 0 Å². The average Bonchev–Trinajstić information content (AvgIpc) is 2.35. The van der Waals surface area contributed by atoms with Crippen molar-refractivity contribution in [1.82, 2.24) is 0 Å². The summed E-state index contributed by atoms with van der Waals surface area (Å²) in [6.45, 7) is 0. The first kappa shape index (κ1) is 12.6. The van der Waals surface area contributed by atoms with Gasteiger partial charge in [-0.1, -0.05) is 0 Å². The molecule has 0 N–H and O–H groups in total. The van der Waals surface area contributed by atoms with Gasteiger partial charge in [-0.05, 0) is 17.7 Å². The molecule has 0 unspecified atom stereocenters. The average molecular weight is 245 g/mol. The fourth-order valence-electron chi connectivity index (χ4n) is 1.22. The number of hydrogen-bond donors (Lipinski definition) is 0. The van der Waals surface area contributed by atoms with Crippen molar-refractivity contribution in [2.45, 2.75) is 5.38 Å². The minimum Gasteiger partial charge on any atom is -0.497 e. The number of methoxy groups -OCH3 is 3. The summed E-state index contributed by atoms with van der Waals surface area (Å²) < 4.78 is 14.7. The third-order valence-corrected chi connectivity index (χ3v) is 2.50. The maximum Gasteiger partial charge on any atom is 0.328 e. The van der Waals surface area contributed by atoms with E-state index < -0.39 is 11.3 Å². The number of esters is 1. The summed E-state index contributed by atoms with van der Waals surface area (Å²) in [5.41, 5.74) is 0.574. The Morgan fingerprint density at radius 1 is 1.12 bits per heavy atom. The molecule has 5 heteroatoms. The number of alkyl halides is 1. The van der Waals surface area contributed by atoms with E-state index in [4.69, 9.17) is 21.1 Å². The van der Waals surface area contributed by atoms with Gasteiger partial charge in [0, 0.05) is 6.07 Å². The molecule has 0 bridgehead atoms. The molecule has 1 atom stereocenters. The third-order valence-electron chi connectivity index (χ3n) is 2.07. The zero-order valence-corrected chi connectivity index (χ0v) is 10.1. The Hall–Kier alpha value is -1.42. The van der Waals surface area contributed by atoms with Gasteiger partial charge in [0.1, 0.15) is 11.5 Å². The van der Waals surface area contributed by atoms with E-state index in [-0.39, 0.29) is 0 Å². The molecular formula is C11H13ClO4. The molecule has 0 amide bonds. The second-order valence-corrected chi connectivity index (χ2v) is 3.47. The summed E-state index contributed by atoms with van der Waals surface area (Å²) in [4.78, 5) is 11.3. The van der Waals surface area contributed by atoms with Crippen molar-refractivity contribution >= 4 is 17.6 Å². The van der Waals surface area contributed by atoms with Crippen LogP contribution in [0, 0.1) is 0 Å². The summed E-state index contributed by atoms with van der Waals surface area (Å²) in [6.07, 6.45) is 0. The third kappa shape index (κ3) is 2.79. The number of halogens is 1. The summed E-state index contributed by atoms with van der Waals surface area (Å²) in [5.74, 6) is 0.629. The standard InChI is InChI=1S/C11H13ClO4/c1-14-8-4-7(5-9(6-8)15-2)10(12)11(13)16-3/h4-6,10H,1-3H3/t10-/m1/s1.